The number of hydrogen-bond donors (Lipinski definition) is 1. The summed E-state index contributed by atoms with van der Waals surface area (Å²) in [7, 11) is 0. The summed E-state index contributed by atoms with van der Waals surface area (Å²) in [6, 6.07) is 3.87. The smallest absolute Gasteiger partial charge is 0.341 e. The Morgan fingerprint density at radius 1 is 1.39 bits per heavy atom. The molecule has 0 saturated carbocycles. The van der Waals surface area contributed by atoms with Gasteiger partial charge in [-0.15, -0.1) is 0 Å². The summed E-state index contributed by atoms with van der Waals surface area (Å²) in [5.74, 6) is -0.428. The van der Waals surface area contributed by atoms with E-state index >= 15 is 0 Å². The van der Waals surface area contributed by atoms with Crippen molar-refractivity contribution >= 4 is 22.6 Å². The van der Waals surface area contributed by atoms with Crippen molar-refractivity contribution in [2.24, 2.45) is 0 Å². The van der Waals surface area contributed by atoms with E-state index < -0.39 is 5.97 Å². The first kappa shape index (κ1) is 12.4. The van der Waals surface area contributed by atoms with Gasteiger partial charge in [0.05, 0.1) is 17.8 Å². The van der Waals surface area contributed by atoms with E-state index in [-0.39, 0.29) is 0 Å². The van der Waals surface area contributed by atoms with Gasteiger partial charge in [0.25, 0.3) is 0 Å². The molecule has 0 fully saturated rings. The van der Waals surface area contributed by atoms with Crippen molar-refractivity contribution in [3.05, 3.63) is 35.0 Å². The first-order valence-electron chi connectivity index (χ1n) is 5.87. The Hall–Kier alpha value is -2.10. The van der Waals surface area contributed by atoms with Crippen LogP contribution in [0.4, 0.5) is 5.69 Å². The highest BCUT2D eigenvalue weighted by Gasteiger charge is 2.15. The number of pyridine rings is 1. The molecule has 1 aromatic carbocycles. The number of carbonyl (C=O) groups is 1. The Bertz CT molecular complexity index is 621. The molecule has 0 radical (unpaired) electrons. The first-order valence-corrected chi connectivity index (χ1v) is 5.87. The fraction of sp³-hybridized carbons (Fsp3) is 0.286. The number of hydrogen-bond acceptors (Lipinski definition) is 4. The van der Waals surface area contributed by atoms with Gasteiger partial charge in [-0.05, 0) is 31.9 Å². The van der Waals surface area contributed by atoms with Gasteiger partial charge in [0, 0.05) is 11.6 Å². The van der Waals surface area contributed by atoms with Crippen LogP contribution >= 0.6 is 0 Å². The second-order valence-corrected chi connectivity index (χ2v) is 4.21. The maximum Gasteiger partial charge on any atom is 0.341 e. The van der Waals surface area contributed by atoms with Crippen LogP contribution < -0.4 is 5.73 Å². The monoisotopic (exact) mass is 244 g/mol. The molecule has 2 aromatic rings. The third kappa shape index (κ3) is 1.90. The van der Waals surface area contributed by atoms with E-state index in [2.05, 4.69) is 4.98 Å². The molecule has 0 aliphatic carbocycles. The molecular weight excluding hydrogens is 228 g/mol. The molecule has 0 spiro atoms. The Morgan fingerprint density at radius 3 is 2.78 bits per heavy atom. The molecule has 4 heteroatoms. The maximum absolute atomic E-state index is 11.7. The van der Waals surface area contributed by atoms with Gasteiger partial charge in [0.1, 0.15) is 5.56 Å². The lowest BCUT2D eigenvalue weighted by Crippen LogP contribution is -2.09. The van der Waals surface area contributed by atoms with E-state index in [4.69, 9.17) is 10.5 Å². The molecule has 2 N–H and O–H groups in total. The molecule has 2 rings (SSSR count). The summed E-state index contributed by atoms with van der Waals surface area (Å²) in [4.78, 5) is 16.0. The number of benzene rings is 1. The van der Waals surface area contributed by atoms with Crippen molar-refractivity contribution in [3.63, 3.8) is 0 Å². The first-order chi connectivity index (χ1) is 8.56. The van der Waals surface area contributed by atoms with Gasteiger partial charge in [-0.25, -0.2) is 4.79 Å². The zero-order valence-corrected chi connectivity index (χ0v) is 10.8. The minimum atomic E-state index is -0.428. The molecule has 0 atom stereocenters. The van der Waals surface area contributed by atoms with Crippen LogP contribution in [0.5, 0.6) is 0 Å². The minimum absolute atomic E-state index is 0.323. The second-order valence-electron chi connectivity index (χ2n) is 4.21. The molecular formula is C14H16N2O2. The van der Waals surface area contributed by atoms with Crippen molar-refractivity contribution in [1.29, 1.82) is 0 Å². The third-order valence-corrected chi connectivity index (χ3v) is 3.10. The van der Waals surface area contributed by atoms with Gasteiger partial charge in [-0.2, -0.15) is 0 Å². The van der Waals surface area contributed by atoms with Gasteiger partial charge in [0.15, 0.2) is 0 Å². The van der Waals surface area contributed by atoms with E-state index in [1.165, 1.54) is 6.20 Å². The van der Waals surface area contributed by atoms with Gasteiger partial charge in [-0.1, -0.05) is 12.1 Å². The second kappa shape index (κ2) is 4.64. The predicted molar refractivity (Wildman–Crippen MR) is 71.6 cm³/mol. The third-order valence-electron chi connectivity index (χ3n) is 3.10. The summed E-state index contributed by atoms with van der Waals surface area (Å²) in [5, 5.41) is 0.795. The zero-order valence-electron chi connectivity index (χ0n) is 10.8. The van der Waals surface area contributed by atoms with E-state index in [9.17, 15) is 4.79 Å². The average Bonchev–Trinajstić information content (AvgIpc) is 2.34. The molecule has 0 aliphatic heterocycles. The van der Waals surface area contributed by atoms with E-state index in [1.807, 2.05) is 26.0 Å². The topological polar surface area (TPSA) is 65.2 Å². The number of anilines is 1. The number of esters is 1. The average molecular weight is 244 g/mol. The molecule has 18 heavy (non-hydrogen) atoms. The van der Waals surface area contributed by atoms with E-state index in [1.54, 1.807) is 6.92 Å². The molecule has 1 heterocycles. The van der Waals surface area contributed by atoms with Gasteiger partial charge < -0.3 is 10.5 Å². The van der Waals surface area contributed by atoms with Gasteiger partial charge >= 0.3 is 5.97 Å². The minimum Gasteiger partial charge on any atom is -0.462 e. The Balaban J connectivity index is 2.65. The van der Waals surface area contributed by atoms with Crippen LogP contribution in [0.1, 0.15) is 28.4 Å². The van der Waals surface area contributed by atoms with Crippen molar-refractivity contribution < 1.29 is 9.53 Å². The Morgan fingerprint density at radius 2 is 2.11 bits per heavy atom. The van der Waals surface area contributed by atoms with E-state index in [0.29, 0.717) is 17.9 Å². The summed E-state index contributed by atoms with van der Waals surface area (Å²) >= 11 is 0. The molecule has 4 nitrogen and oxygen atoms in total. The number of carbonyl (C=O) groups excluding carboxylic acids is 1. The van der Waals surface area contributed by atoms with Crippen molar-refractivity contribution in [2.75, 3.05) is 12.3 Å². The molecule has 0 saturated heterocycles. The van der Waals surface area contributed by atoms with Crippen LogP contribution in [-0.4, -0.2) is 17.6 Å². The normalized spacial score (nSPS) is 10.6. The lowest BCUT2D eigenvalue weighted by atomic mass is 10.0. The summed E-state index contributed by atoms with van der Waals surface area (Å²) in [5.41, 5.74) is 9.85. The number of aromatic nitrogens is 1. The molecule has 0 amide bonds. The number of aryl methyl sites for hydroxylation is 2. The SMILES string of the molecule is CCOC(=O)c1cnc2c(C)c(C)ccc2c1N. The number of ether oxygens (including phenoxy) is 1. The van der Waals surface area contributed by atoms with Crippen molar-refractivity contribution in [3.8, 4) is 0 Å². The van der Waals surface area contributed by atoms with Crippen LogP contribution in [0, 0.1) is 13.8 Å². The fourth-order valence-electron chi connectivity index (χ4n) is 1.90. The maximum atomic E-state index is 11.7. The van der Waals surface area contributed by atoms with Crippen LogP contribution in [0.25, 0.3) is 10.9 Å². The standard InChI is InChI=1S/C14H16N2O2/c1-4-18-14(17)11-7-16-13-9(3)8(2)5-6-10(13)12(11)15/h5-7H,4H2,1-3H3,(H2,15,16). The zero-order chi connectivity index (χ0) is 13.3. The number of fused-ring (bicyclic) bond motifs is 1. The molecule has 1 aromatic heterocycles. The Kier molecular flexibility index (Phi) is 3.19. The lowest BCUT2D eigenvalue weighted by Gasteiger charge is -2.10. The van der Waals surface area contributed by atoms with Crippen molar-refractivity contribution in [2.45, 2.75) is 20.8 Å². The van der Waals surface area contributed by atoms with E-state index in [0.717, 1.165) is 22.0 Å². The number of nitrogens with two attached hydrogens (primary N) is 1. The molecule has 0 bridgehead atoms. The van der Waals surface area contributed by atoms with Gasteiger partial charge in [0.2, 0.25) is 0 Å². The summed E-state index contributed by atoms with van der Waals surface area (Å²) < 4.78 is 4.95. The Labute approximate surface area is 106 Å². The van der Waals surface area contributed by atoms with Crippen LogP contribution in [0.2, 0.25) is 0 Å². The highest BCUT2D eigenvalue weighted by Crippen LogP contribution is 2.27. The largest absolute Gasteiger partial charge is 0.462 e. The lowest BCUT2D eigenvalue weighted by molar-refractivity contribution is 0.0527. The fourth-order valence-corrected chi connectivity index (χ4v) is 1.90. The van der Waals surface area contributed by atoms with Gasteiger partial charge in [-0.3, -0.25) is 4.98 Å². The summed E-state index contributed by atoms with van der Waals surface area (Å²) in [6.45, 7) is 6.10. The highest BCUT2D eigenvalue weighted by atomic mass is 16.5. The van der Waals surface area contributed by atoms with Crippen LogP contribution in [-0.2, 0) is 4.74 Å². The number of nitrogen functional groups attached to an aromatic ring is 1. The highest BCUT2D eigenvalue weighted by molar-refractivity contribution is 6.04. The molecule has 0 unspecified atom stereocenters. The molecule has 0 aliphatic rings. The van der Waals surface area contributed by atoms with Crippen molar-refractivity contribution in [1.82, 2.24) is 4.98 Å². The summed E-state index contributed by atoms with van der Waals surface area (Å²) in [6.07, 6.45) is 1.49. The van der Waals surface area contributed by atoms with Crippen LogP contribution in [0.3, 0.4) is 0 Å². The predicted octanol–water partition coefficient (Wildman–Crippen LogP) is 2.61. The number of nitrogens with zero attached hydrogens (tertiary/aromatic N) is 1. The quantitative estimate of drug-likeness (QED) is 0.825. The number of rotatable bonds is 2. The van der Waals surface area contributed by atoms with Crippen LogP contribution in [0.15, 0.2) is 18.3 Å². The molecule has 94 valence electrons.